The summed E-state index contributed by atoms with van der Waals surface area (Å²) in [6.07, 6.45) is -4.70. The summed E-state index contributed by atoms with van der Waals surface area (Å²) in [5, 5.41) is 0. The summed E-state index contributed by atoms with van der Waals surface area (Å²) in [5.41, 5.74) is -1.70. The molecule has 0 radical (unpaired) electrons. The number of halogens is 3. The van der Waals surface area contributed by atoms with E-state index in [1.165, 1.54) is 0 Å². The first kappa shape index (κ1) is 21.2. The van der Waals surface area contributed by atoms with Crippen LogP contribution in [0.15, 0.2) is 47.4 Å². The van der Waals surface area contributed by atoms with Crippen LogP contribution in [-0.2, 0) is 25.8 Å². The van der Waals surface area contributed by atoms with Crippen molar-refractivity contribution in [3.8, 4) is 5.75 Å². The molecule has 0 aliphatic rings. The summed E-state index contributed by atoms with van der Waals surface area (Å²) >= 11 is 0. The average molecular weight is 418 g/mol. The first-order chi connectivity index (χ1) is 13.0. The van der Waals surface area contributed by atoms with Gasteiger partial charge in [0.25, 0.3) is 0 Å². The SMILES string of the molecule is COC(=O)c1cc(C(=O)OC)cc(S(=O)(=O)Oc2cccc(C(F)(F)F)c2)c1. The molecule has 0 N–H and O–H groups in total. The van der Waals surface area contributed by atoms with E-state index in [0.717, 1.165) is 50.6 Å². The number of alkyl halides is 3. The molecule has 0 saturated heterocycles. The lowest BCUT2D eigenvalue weighted by Gasteiger charge is -2.12. The number of rotatable bonds is 5. The molecule has 0 saturated carbocycles. The second kappa shape index (κ2) is 7.89. The summed E-state index contributed by atoms with van der Waals surface area (Å²) in [7, 11) is -2.60. The van der Waals surface area contributed by atoms with Crippen LogP contribution >= 0.6 is 0 Å². The molecule has 7 nitrogen and oxygen atoms in total. The number of hydrogen-bond acceptors (Lipinski definition) is 7. The van der Waals surface area contributed by atoms with Gasteiger partial charge in [0.1, 0.15) is 10.6 Å². The van der Waals surface area contributed by atoms with Gasteiger partial charge in [0, 0.05) is 0 Å². The third-order valence-corrected chi connectivity index (χ3v) is 4.63. The minimum absolute atomic E-state index is 0.295. The quantitative estimate of drug-likeness (QED) is 0.544. The maximum absolute atomic E-state index is 12.8. The molecule has 0 amide bonds. The van der Waals surface area contributed by atoms with Crippen LogP contribution < -0.4 is 4.18 Å². The molecule has 28 heavy (non-hydrogen) atoms. The van der Waals surface area contributed by atoms with E-state index >= 15 is 0 Å². The highest BCUT2D eigenvalue weighted by Gasteiger charge is 2.31. The Balaban J connectivity index is 2.50. The largest absolute Gasteiger partial charge is 0.465 e. The number of hydrogen-bond donors (Lipinski definition) is 0. The molecule has 0 atom stereocenters. The standard InChI is InChI=1S/C17H13F3O7S/c1-25-15(21)10-6-11(16(22)26-2)8-14(7-10)28(23,24)27-13-5-3-4-12(9-13)17(18,19)20/h3-9H,1-2H3. The van der Waals surface area contributed by atoms with Gasteiger partial charge in [0.05, 0.1) is 30.9 Å². The average Bonchev–Trinajstić information content (AvgIpc) is 2.65. The van der Waals surface area contributed by atoms with Gasteiger partial charge >= 0.3 is 28.2 Å². The Labute approximate surface area is 157 Å². The van der Waals surface area contributed by atoms with E-state index in [1.807, 2.05) is 0 Å². The molecule has 0 aliphatic carbocycles. The maximum atomic E-state index is 12.8. The van der Waals surface area contributed by atoms with Crippen molar-refractivity contribution in [1.82, 2.24) is 0 Å². The first-order valence-corrected chi connectivity index (χ1v) is 8.82. The van der Waals surface area contributed by atoms with Gasteiger partial charge in [-0.3, -0.25) is 0 Å². The Hall–Kier alpha value is -3.08. The Kier molecular flexibility index (Phi) is 5.98. The molecule has 0 heterocycles. The smallest absolute Gasteiger partial charge is 0.416 e. The molecule has 0 unspecified atom stereocenters. The van der Waals surface area contributed by atoms with Crippen molar-refractivity contribution in [3.63, 3.8) is 0 Å². The summed E-state index contributed by atoms with van der Waals surface area (Å²) < 4.78 is 77.0. The van der Waals surface area contributed by atoms with Crippen LogP contribution in [0.1, 0.15) is 26.3 Å². The van der Waals surface area contributed by atoms with E-state index in [4.69, 9.17) is 4.18 Å². The third-order valence-electron chi connectivity index (χ3n) is 3.40. The fourth-order valence-electron chi connectivity index (χ4n) is 2.11. The van der Waals surface area contributed by atoms with Crippen molar-refractivity contribution in [2.24, 2.45) is 0 Å². The van der Waals surface area contributed by atoms with Gasteiger partial charge in [0.15, 0.2) is 0 Å². The highest BCUT2D eigenvalue weighted by atomic mass is 32.2. The second-order valence-electron chi connectivity index (χ2n) is 5.29. The minimum Gasteiger partial charge on any atom is -0.465 e. The predicted molar refractivity (Wildman–Crippen MR) is 88.4 cm³/mol. The number of esters is 2. The Morgan fingerprint density at radius 1 is 0.893 bits per heavy atom. The molecule has 2 aromatic rings. The van der Waals surface area contributed by atoms with Gasteiger partial charge in [-0.15, -0.1) is 0 Å². The topological polar surface area (TPSA) is 96.0 Å². The van der Waals surface area contributed by atoms with E-state index in [1.54, 1.807) is 0 Å². The van der Waals surface area contributed by atoms with Gasteiger partial charge in [-0.25, -0.2) is 9.59 Å². The van der Waals surface area contributed by atoms with Crippen LogP contribution in [0.3, 0.4) is 0 Å². The third kappa shape index (κ3) is 4.80. The molecule has 0 bridgehead atoms. The molecule has 0 aliphatic heterocycles. The molecule has 150 valence electrons. The molecule has 2 aromatic carbocycles. The van der Waals surface area contributed by atoms with Crippen LogP contribution in [0.2, 0.25) is 0 Å². The van der Waals surface area contributed by atoms with E-state index in [2.05, 4.69) is 9.47 Å². The summed E-state index contributed by atoms with van der Waals surface area (Å²) in [4.78, 5) is 22.8. The Morgan fingerprint density at radius 2 is 1.43 bits per heavy atom. The zero-order valence-electron chi connectivity index (χ0n) is 14.4. The summed E-state index contributed by atoms with van der Waals surface area (Å²) in [5.74, 6) is -2.49. The molecular weight excluding hydrogens is 405 g/mol. The van der Waals surface area contributed by atoms with Gasteiger partial charge < -0.3 is 13.7 Å². The monoisotopic (exact) mass is 418 g/mol. The zero-order valence-corrected chi connectivity index (χ0v) is 15.3. The van der Waals surface area contributed by atoms with E-state index < -0.39 is 44.4 Å². The van der Waals surface area contributed by atoms with E-state index in [0.29, 0.717) is 6.07 Å². The molecule has 2 rings (SSSR count). The first-order valence-electron chi connectivity index (χ1n) is 7.41. The lowest BCUT2D eigenvalue weighted by atomic mass is 10.1. The minimum atomic E-state index is -4.70. The number of ether oxygens (including phenoxy) is 2. The van der Waals surface area contributed by atoms with Gasteiger partial charge in [0.2, 0.25) is 0 Å². The van der Waals surface area contributed by atoms with E-state index in [-0.39, 0.29) is 11.1 Å². The maximum Gasteiger partial charge on any atom is 0.416 e. The highest BCUT2D eigenvalue weighted by molar-refractivity contribution is 7.87. The molecule has 0 spiro atoms. The lowest BCUT2D eigenvalue weighted by molar-refractivity contribution is -0.137. The normalized spacial score (nSPS) is 11.6. The summed E-state index contributed by atoms with van der Waals surface area (Å²) in [6.45, 7) is 0. The van der Waals surface area contributed by atoms with Crippen LogP contribution in [0.4, 0.5) is 13.2 Å². The van der Waals surface area contributed by atoms with Crippen molar-refractivity contribution in [2.45, 2.75) is 11.1 Å². The number of carbonyl (C=O) groups is 2. The molecule has 0 aromatic heterocycles. The van der Waals surface area contributed by atoms with E-state index in [9.17, 15) is 31.2 Å². The van der Waals surface area contributed by atoms with Crippen molar-refractivity contribution in [3.05, 3.63) is 59.2 Å². The predicted octanol–water partition coefficient (Wildman–Crippen LogP) is 3.05. The van der Waals surface area contributed by atoms with Crippen molar-refractivity contribution in [1.29, 1.82) is 0 Å². The lowest BCUT2D eigenvalue weighted by Crippen LogP contribution is -2.14. The molecule has 0 fully saturated rings. The van der Waals surface area contributed by atoms with Gasteiger partial charge in [-0.1, -0.05) is 6.07 Å². The molecule has 11 heteroatoms. The fraction of sp³-hybridized carbons (Fsp3) is 0.176. The number of carbonyl (C=O) groups excluding carboxylic acids is 2. The Morgan fingerprint density at radius 3 is 1.89 bits per heavy atom. The van der Waals surface area contributed by atoms with Crippen molar-refractivity contribution in [2.75, 3.05) is 14.2 Å². The second-order valence-corrected chi connectivity index (χ2v) is 6.84. The zero-order chi connectivity index (χ0) is 21.1. The van der Waals surface area contributed by atoms with Crippen LogP contribution in [0.5, 0.6) is 5.75 Å². The summed E-state index contributed by atoms with van der Waals surface area (Å²) in [6, 6.07) is 6.00. The molecular formula is C17H13F3O7S. The van der Waals surface area contributed by atoms with Crippen molar-refractivity contribution >= 4 is 22.1 Å². The van der Waals surface area contributed by atoms with Gasteiger partial charge in [-0.2, -0.15) is 21.6 Å². The Bertz CT molecular complexity index is 979. The van der Waals surface area contributed by atoms with Gasteiger partial charge in [-0.05, 0) is 36.4 Å². The number of benzene rings is 2. The number of methoxy groups -OCH3 is 2. The fourth-order valence-corrected chi connectivity index (χ4v) is 3.11. The van der Waals surface area contributed by atoms with Crippen molar-refractivity contribution < 1.29 is 44.8 Å². The van der Waals surface area contributed by atoms with Crippen LogP contribution in [0.25, 0.3) is 0 Å². The van der Waals surface area contributed by atoms with Crippen LogP contribution in [0, 0.1) is 0 Å². The highest BCUT2D eigenvalue weighted by Crippen LogP contribution is 2.32. The van der Waals surface area contributed by atoms with Crippen LogP contribution in [-0.4, -0.2) is 34.6 Å².